The molecule has 0 fully saturated rings. The zero-order valence-corrected chi connectivity index (χ0v) is 18.4. The van der Waals surface area contributed by atoms with Crippen LogP contribution in [-0.2, 0) is 0 Å². The van der Waals surface area contributed by atoms with Gasteiger partial charge in [-0.15, -0.1) is 0 Å². The van der Waals surface area contributed by atoms with Crippen LogP contribution < -0.4 is 0 Å². The van der Waals surface area contributed by atoms with Crippen LogP contribution in [-0.4, -0.2) is 29.1 Å². The maximum absolute atomic E-state index is 2.59. The fourth-order valence-corrected chi connectivity index (χ4v) is 4.16. The lowest BCUT2D eigenvalue weighted by molar-refractivity contribution is 0.144. The Kier molecular flexibility index (Phi) is 14.8. The van der Waals surface area contributed by atoms with Crippen molar-refractivity contribution in [3.63, 3.8) is 0 Å². The van der Waals surface area contributed by atoms with Crippen LogP contribution in [0, 0.1) is 0 Å². The van der Waals surface area contributed by atoms with Gasteiger partial charge >= 0.3 is 0 Å². The highest BCUT2D eigenvalue weighted by Gasteiger charge is 2.23. The molecule has 0 aromatic carbocycles. The molecule has 1 atom stereocenters. The first-order valence-electron chi connectivity index (χ1n) is 12.0. The van der Waals surface area contributed by atoms with Gasteiger partial charge in [-0.25, -0.2) is 0 Å². The summed E-state index contributed by atoms with van der Waals surface area (Å²) in [6.07, 6.45) is 27.8. The zero-order valence-electron chi connectivity index (χ0n) is 18.4. The molecular formula is C24H48N2. The van der Waals surface area contributed by atoms with Crippen molar-refractivity contribution in [1.29, 1.82) is 0 Å². The van der Waals surface area contributed by atoms with Crippen molar-refractivity contribution in [3.8, 4) is 0 Å². The van der Waals surface area contributed by atoms with Crippen molar-refractivity contribution in [2.24, 2.45) is 0 Å². The standard InChI is InChI=1S/C24H48N2/c1-4-7-9-11-12-13-14-15-16-17-19-21-26-23-22-25(24(26)6-3)20-18-10-8-5-2/h22-24H,4-21H2,1-3H3. The Balaban J connectivity index is 1.99. The summed E-state index contributed by atoms with van der Waals surface area (Å²) in [5.41, 5.74) is 0. The van der Waals surface area contributed by atoms with Gasteiger partial charge in [0, 0.05) is 25.5 Å². The van der Waals surface area contributed by atoms with Gasteiger partial charge in [-0.1, -0.05) is 104 Å². The Bertz CT molecular complexity index is 326. The highest BCUT2D eigenvalue weighted by atomic mass is 15.4. The quantitative estimate of drug-likeness (QED) is 0.230. The van der Waals surface area contributed by atoms with E-state index >= 15 is 0 Å². The summed E-state index contributed by atoms with van der Waals surface area (Å²) in [5.74, 6) is 0. The van der Waals surface area contributed by atoms with Crippen LogP contribution in [0.1, 0.15) is 124 Å². The van der Waals surface area contributed by atoms with Gasteiger partial charge in [0.15, 0.2) is 0 Å². The molecule has 0 saturated heterocycles. The average Bonchev–Trinajstić information content (AvgIpc) is 3.05. The Hall–Kier alpha value is -0.660. The molecule has 2 nitrogen and oxygen atoms in total. The van der Waals surface area contributed by atoms with Gasteiger partial charge in [-0.3, -0.25) is 0 Å². The smallest absolute Gasteiger partial charge is 0.100 e. The van der Waals surface area contributed by atoms with Gasteiger partial charge in [0.1, 0.15) is 6.17 Å². The molecule has 0 bridgehead atoms. The molecule has 1 unspecified atom stereocenters. The molecule has 0 saturated carbocycles. The van der Waals surface area contributed by atoms with Crippen LogP contribution >= 0.6 is 0 Å². The zero-order chi connectivity index (χ0) is 18.9. The maximum Gasteiger partial charge on any atom is 0.100 e. The van der Waals surface area contributed by atoms with Crippen LogP contribution in [0.3, 0.4) is 0 Å². The number of nitrogens with zero attached hydrogens (tertiary/aromatic N) is 2. The average molecular weight is 365 g/mol. The molecule has 154 valence electrons. The summed E-state index contributed by atoms with van der Waals surface area (Å²) in [5, 5.41) is 0. The molecule has 1 heterocycles. The van der Waals surface area contributed by atoms with E-state index in [1.165, 1.54) is 116 Å². The van der Waals surface area contributed by atoms with Crippen molar-refractivity contribution in [1.82, 2.24) is 9.80 Å². The van der Waals surface area contributed by atoms with Gasteiger partial charge in [0.05, 0.1) is 0 Å². The first kappa shape index (κ1) is 23.4. The van der Waals surface area contributed by atoms with Crippen molar-refractivity contribution in [2.45, 2.75) is 130 Å². The summed E-state index contributed by atoms with van der Waals surface area (Å²) in [6.45, 7) is 9.41. The number of hydrogen-bond acceptors (Lipinski definition) is 2. The summed E-state index contributed by atoms with van der Waals surface area (Å²) in [6, 6.07) is 0. The highest BCUT2D eigenvalue weighted by Crippen LogP contribution is 2.21. The lowest BCUT2D eigenvalue weighted by Crippen LogP contribution is -2.38. The third kappa shape index (κ3) is 10.5. The first-order chi connectivity index (χ1) is 12.8. The maximum atomic E-state index is 2.59. The second-order valence-corrected chi connectivity index (χ2v) is 8.26. The molecule has 0 aromatic rings. The van der Waals surface area contributed by atoms with Crippen molar-refractivity contribution >= 4 is 0 Å². The van der Waals surface area contributed by atoms with Gasteiger partial charge in [-0.05, 0) is 19.3 Å². The monoisotopic (exact) mass is 364 g/mol. The molecular weight excluding hydrogens is 316 g/mol. The minimum Gasteiger partial charge on any atom is -0.356 e. The minimum absolute atomic E-state index is 0.625. The van der Waals surface area contributed by atoms with E-state index in [9.17, 15) is 0 Å². The second kappa shape index (κ2) is 16.5. The molecule has 0 radical (unpaired) electrons. The third-order valence-corrected chi connectivity index (χ3v) is 5.87. The minimum atomic E-state index is 0.625. The second-order valence-electron chi connectivity index (χ2n) is 8.26. The van der Waals surface area contributed by atoms with Crippen LogP contribution in [0.2, 0.25) is 0 Å². The van der Waals surface area contributed by atoms with E-state index < -0.39 is 0 Å². The molecule has 0 spiro atoms. The molecule has 1 aliphatic rings. The molecule has 0 N–H and O–H groups in total. The van der Waals surface area contributed by atoms with Crippen molar-refractivity contribution in [2.75, 3.05) is 13.1 Å². The van der Waals surface area contributed by atoms with E-state index in [4.69, 9.17) is 0 Å². The molecule has 26 heavy (non-hydrogen) atoms. The Morgan fingerprint density at radius 1 is 0.500 bits per heavy atom. The fraction of sp³-hybridized carbons (Fsp3) is 0.917. The third-order valence-electron chi connectivity index (χ3n) is 5.87. The van der Waals surface area contributed by atoms with E-state index in [1.54, 1.807) is 0 Å². The van der Waals surface area contributed by atoms with Gasteiger partial charge in [0.2, 0.25) is 0 Å². The molecule has 0 aromatic heterocycles. The van der Waals surface area contributed by atoms with Gasteiger partial charge in [0.25, 0.3) is 0 Å². The fourth-order valence-electron chi connectivity index (χ4n) is 4.16. The normalized spacial score (nSPS) is 16.8. The van der Waals surface area contributed by atoms with Gasteiger partial charge < -0.3 is 9.80 Å². The molecule has 1 rings (SSSR count). The lowest BCUT2D eigenvalue weighted by Gasteiger charge is -2.32. The Labute approximate surface area is 165 Å². The van der Waals surface area contributed by atoms with E-state index in [1.807, 2.05) is 0 Å². The number of rotatable bonds is 18. The van der Waals surface area contributed by atoms with E-state index in [2.05, 4.69) is 43.0 Å². The molecule has 0 amide bonds. The van der Waals surface area contributed by atoms with Crippen LogP contribution in [0.5, 0.6) is 0 Å². The Morgan fingerprint density at radius 2 is 0.846 bits per heavy atom. The van der Waals surface area contributed by atoms with Crippen molar-refractivity contribution < 1.29 is 0 Å². The summed E-state index contributed by atoms with van der Waals surface area (Å²) in [7, 11) is 0. The predicted octanol–water partition coefficient (Wildman–Crippen LogP) is 7.70. The highest BCUT2D eigenvalue weighted by molar-refractivity contribution is 4.96. The summed E-state index contributed by atoms with van der Waals surface area (Å²) < 4.78 is 0. The lowest BCUT2D eigenvalue weighted by atomic mass is 10.1. The van der Waals surface area contributed by atoms with E-state index in [0.717, 1.165) is 0 Å². The summed E-state index contributed by atoms with van der Waals surface area (Å²) in [4.78, 5) is 5.17. The molecule has 0 aliphatic carbocycles. The van der Waals surface area contributed by atoms with Crippen LogP contribution in [0.4, 0.5) is 0 Å². The number of unbranched alkanes of at least 4 members (excludes halogenated alkanes) is 13. The first-order valence-corrected chi connectivity index (χ1v) is 12.0. The van der Waals surface area contributed by atoms with E-state index in [-0.39, 0.29) is 0 Å². The van der Waals surface area contributed by atoms with E-state index in [0.29, 0.717) is 6.17 Å². The largest absolute Gasteiger partial charge is 0.356 e. The van der Waals surface area contributed by atoms with Gasteiger partial charge in [-0.2, -0.15) is 0 Å². The van der Waals surface area contributed by atoms with Crippen LogP contribution in [0.25, 0.3) is 0 Å². The number of hydrogen-bond donors (Lipinski definition) is 0. The van der Waals surface area contributed by atoms with Crippen molar-refractivity contribution in [3.05, 3.63) is 12.4 Å². The molecule has 1 aliphatic heterocycles. The Morgan fingerprint density at radius 3 is 1.23 bits per heavy atom. The topological polar surface area (TPSA) is 6.48 Å². The van der Waals surface area contributed by atoms with Crippen LogP contribution in [0.15, 0.2) is 12.4 Å². The SMILES string of the molecule is CCCCCCCCCCCCCN1C=CN(CCCCCC)C1CC. The predicted molar refractivity (Wildman–Crippen MR) is 117 cm³/mol. The molecule has 2 heteroatoms. The summed E-state index contributed by atoms with van der Waals surface area (Å²) >= 11 is 0.